The topological polar surface area (TPSA) is 63.4 Å². The number of pyridine rings is 1. The van der Waals surface area contributed by atoms with Gasteiger partial charge in [0.05, 0.1) is 35.2 Å². The SMILES string of the molecule is Cc1nc2ccccn2c1CN(C)C(=O)c1cccc2nsnc12. The maximum atomic E-state index is 12.9. The lowest BCUT2D eigenvalue weighted by atomic mass is 10.1. The molecule has 0 atom stereocenters. The second-order valence-electron chi connectivity index (χ2n) is 5.67. The minimum Gasteiger partial charge on any atom is -0.336 e. The summed E-state index contributed by atoms with van der Waals surface area (Å²) in [5, 5.41) is 0. The monoisotopic (exact) mass is 337 g/mol. The Balaban J connectivity index is 1.68. The van der Waals surface area contributed by atoms with Crippen LogP contribution in [0.5, 0.6) is 0 Å². The van der Waals surface area contributed by atoms with E-state index in [1.165, 1.54) is 0 Å². The minimum absolute atomic E-state index is 0.0708. The average Bonchev–Trinajstić information content (AvgIpc) is 3.19. The van der Waals surface area contributed by atoms with Gasteiger partial charge >= 0.3 is 0 Å². The molecule has 0 aliphatic carbocycles. The van der Waals surface area contributed by atoms with Gasteiger partial charge in [-0.15, -0.1) is 0 Å². The maximum Gasteiger partial charge on any atom is 0.256 e. The van der Waals surface area contributed by atoms with E-state index >= 15 is 0 Å². The molecule has 4 rings (SSSR count). The third kappa shape index (κ3) is 2.33. The van der Waals surface area contributed by atoms with E-state index in [4.69, 9.17) is 0 Å². The third-order valence-corrected chi connectivity index (χ3v) is 4.62. The Bertz CT molecular complexity index is 1050. The summed E-state index contributed by atoms with van der Waals surface area (Å²) in [6.45, 7) is 2.44. The van der Waals surface area contributed by atoms with Crippen molar-refractivity contribution in [2.45, 2.75) is 13.5 Å². The van der Waals surface area contributed by atoms with Crippen LogP contribution in [0.4, 0.5) is 0 Å². The summed E-state index contributed by atoms with van der Waals surface area (Å²) in [7, 11) is 1.79. The van der Waals surface area contributed by atoms with Crippen molar-refractivity contribution in [2.75, 3.05) is 7.05 Å². The zero-order valence-electron chi connectivity index (χ0n) is 13.3. The third-order valence-electron chi connectivity index (χ3n) is 4.08. The summed E-state index contributed by atoms with van der Waals surface area (Å²) in [4.78, 5) is 19.1. The van der Waals surface area contributed by atoms with Crippen molar-refractivity contribution in [1.82, 2.24) is 23.0 Å². The zero-order chi connectivity index (χ0) is 16.7. The number of carbonyl (C=O) groups excluding carboxylic acids is 1. The Morgan fingerprint density at radius 2 is 2.08 bits per heavy atom. The number of aromatic nitrogens is 4. The molecule has 4 aromatic rings. The molecule has 0 N–H and O–H groups in total. The minimum atomic E-state index is -0.0708. The van der Waals surface area contributed by atoms with Gasteiger partial charge in [-0.25, -0.2) is 4.98 Å². The number of imidazole rings is 1. The van der Waals surface area contributed by atoms with Crippen LogP contribution in [0.15, 0.2) is 42.6 Å². The number of hydrogen-bond donors (Lipinski definition) is 0. The molecule has 0 aliphatic heterocycles. The Labute approximate surface area is 142 Å². The number of nitrogens with zero attached hydrogens (tertiary/aromatic N) is 5. The van der Waals surface area contributed by atoms with E-state index < -0.39 is 0 Å². The number of aryl methyl sites for hydroxylation is 1. The molecule has 6 nitrogen and oxygen atoms in total. The van der Waals surface area contributed by atoms with E-state index in [9.17, 15) is 4.79 Å². The van der Waals surface area contributed by atoms with Gasteiger partial charge in [-0.05, 0) is 31.2 Å². The van der Waals surface area contributed by atoms with E-state index in [-0.39, 0.29) is 5.91 Å². The largest absolute Gasteiger partial charge is 0.336 e. The molecular weight excluding hydrogens is 322 g/mol. The molecular formula is C17H15N5OS. The Morgan fingerprint density at radius 3 is 2.96 bits per heavy atom. The van der Waals surface area contributed by atoms with Gasteiger partial charge in [0, 0.05) is 13.2 Å². The molecule has 1 amide bonds. The lowest BCUT2D eigenvalue weighted by molar-refractivity contribution is 0.0784. The van der Waals surface area contributed by atoms with Crippen molar-refractivity contribution < 1.29 is 4.79 Å². The van der Waals surface area contributed by atoms with Crippen LogP contribution in [-0.4, -0.2) is 36.0 Å². The van der Waals surface area contributed by atoms with Gasteiger partial charge in [0.15, 0.2) is 0 Å². The average molecular weight is 337 g/mol. The van der Waals surface area contributed by atoms with Crippen molar-refractivity contribution in [2.24, 2.45) is 0 Å². The lowest BCUT2D eigenvalue weighted by Crippen LogP contribution is -2.27. The molecule has 0 saturated carbocycles. The summed E-state index contributed by atoms with van der Waals surface area (Å²) < 4.78 is 10.5. The fourth-order valence-corrected chi connectivity index (χ4v) is 3.39. The van der Waals surface area contributed by atoms with Crippen LogP contribution in [-0.2, 0) is 6.54 Å². The number of amides is 1. The quantitative estimate of drug-likeness (QED) is 0.577. The number of rotatable bonds is 3. The molecule has 0 bridgehead atoms. The molecule has 3 heterocycles. The van der Waals surface area contributed by atoms with Crippen molar-refractivity contribution in [3.8, 4) is 0 Å². The van der Waals surface area contributed by atoms with E-state index in [2.05, 4.69) is 13.7 Å². The second kappa shape index (κ2) is 5.68. The zero-order valence-corrected chi connectivity index (χ0v) is 14.1. The first-order valence-corrected chi connectivity index (χ1v) is 8.27. The lowest BCUT2D eigenvalue weighted by Gasteiger charge is -2.17. The summed E-state index contributed by atoms with van der Waals surface area (Å²) in [6.07, 6.45) is 1.97. The number of fused-ring (bicyclic) bond motifs is 2. The van der Waals surface area contributed by atoms with Gasteiger partial charge in [-0.2, -0.15) is 8.75 Å². The summed E-state index contributed by atoms with van der Waals surface area (Å²) in [5.41, 5.74) is 4.81. The summed E-state index contributed by atoms with van der Waals surface area (Å²) >= 11 is 1.12. The van der Waals surface area contributed by atoms with Crippen molar-refractivity contribution in [3.63, 3.8) is 0 Å². The highest BCUT2D eigenvalue weighted by Crippen LogP contribution is 2.20. The Hall–Kier alpha value is -2.80. The molecule has 1 aromatic carbocycles. The van der Waals surface area contributed by atoms with E-state index in [0.717, 1.165) is 34.3 Å². The highest BCUT2D eigenvalue weighted by Gasteiger charge is 2.19. The van der Waals surface area contributed by atoms with Crippen LogP contribution in [0.3, 0.4) is 0 Å². The summed E-state index contributed by atoms with van der Waals surface area (Å²) in [6, 6.07) is 11.4. The number of hydrogen-bond acceptors (Lipinski definition) is 5. The first kappa shape index (κ1) is 14.8. The van der Waals surface area contributed by atoms with Crippen LogP contribution in [0, 0.1) is 6.92 Å². The highest BCUT2D eigenvalue weighted by atomic mass is 32.1. The van der Waals surface area contributed by atoms with Gasteiger partial charge in [0.1, 0.15) is 16.7 Å². The fraction of sp³-hybridized carbons (Fsp3) is 0.176. The molecule has 0 spiro atoms. The first-order valence-electron chi connectivity index (χ1n) is 7.54. The molecule has 0 aliphatic rings. The maximum absolute atomic E-state index is 12.9. The van der Waals surface area contributed by atoms with E-state index in [0.29, 0.717) is 17.6 Å². The second-order valence-corrected chi connectivity index (χ2v) is 6.20. The van der Waals surface area contributed by atoms with Gasteiger partial charge in [0.2, 0.25) is 0 Å². The molecule has 3 aromatic heterocycles. The fourth-order valence-electron chi connectivity index (χ4n) is 2.84. The molecule has 0 radical (unpaired) electrons. The normalized spacial score (nSPS) is 11.2. The molecule has 0 saturated heterocycles. The van der Waals surface area contributed by atoms with Crippen molar-refractivity contribution >= 4 is 34.3 Å². The number of benzene rings is 1. The highest BCUT2D eigenvalue weighted by molar-refractivity contribution is 7.00. The standard InChI is InChI=1S/C17H15N5OS/c1-11-14(22-9-4-3-8-15(22)18-11)10-21(2)17(23)12-6-5-7-13-16(12)20-24-19-13/h3-9H,10H2,1-2H3. The van der Waals surface area contributed by atoms with Gasteiger partial charge < -0.3 is 9.30 Å². The summed E-state index contributed by atoms with van der Waals surface area (Å²) in [5.74, 6) is -0.0708. The van der Waals surface area contributed by atoms with Crippen LogP contribution in [0.25, 0.3) is 16.7 Å². The molecule has 7 heteroatoms. The molecule has 0 fully saturated rings. The van der Waals surface area contributed by atoms with E-state index in [1.807, 2.05) is 47.9 Å². The Morgan fingerprint density at radius 1 is 1.21 bits per heavy atom. The first-order chi connectivity index (χ1) is 11.6. The van der Waals surface area contributed by atoms with Gasteiger partial charge in [0.25, 0.3) is 5.91 Å². The van der Waals surface area contributed by atoms with E-state index in [1.54, 1.807) is 18.0 Å². The van der Waals surface area contributed by atoms with Crippen LogP contribution in [0.1, 0.15) is 21.7 Å². The number of carbonyl (C=O) groups is 1. The Kier molecular flexibility index (Phi) is 3.50. The van der Waals surface area contributed by atoms with Crippen molar-refractivity contribution in [1.29, 1.82) is 0 Å². The molecule has 24 heavy (non-hydrogen) atoms. The van der Waals surface area contributed by atoms with Crippen LogP contribution >= 0.6 is 11.7 Å². The molecule has 120 valence electrons. The predicted molar refractivity (Wildman–Crippen MR) is 93.1 cm³/mol. The van der Waals surface area contributed by atoms with Crippen molar-refractivity contribution in [3.05, 3.63) is 59.5 Å². The van der Waals surface area contributed by atoms with Crippen LogP contribution < -0.4 is 0 Å². The smallest absolute Gasteiger partial charge is 0.256 e. The molecule has 0 unspecified atom stereocenters. The van der Waals surface area contributed by atoms with Gasteiger partial charge in [-0.1, -0.05) is 12.1 Å². The van der Waals surface area contributed by atoms with Crippen LogP contribution in [0.2, 0.25) is 0 Å². The van der Waals surface area contributed by atoms with Gasteiger partial charge in [-0.3, -0.25) is 4.79 Å². The predicted octanol–water partition coefficient (Wildman–Crippen LogP) is 2.92.